The standard InChI is InChI=1S/C22H29N5O2/c1-16-13-20(25-27(16)18-8-3-2-4-9-18)22(29)26-12-6-7-17(15-26)14-24-21(28)19-10-5-11-23-19/h2-4,8-9,13,17,19,23H,5-7,10-12,14-15H2,1H3,(H,24,28). The predicted molar refractivity (Wildman–Crippen MR) is 111 cm³/mol. The zero-order valence-corrected chi connectivity index (χ0v) is 16.9. The van der Waals surface area contributed by atoms with Crippen LogP contribution in [0.5, 0.6) is 0 Å². The molecule has 154 valence electrons. The molecule has 2 aromatic rings. The van der Waals surface area contributed by atoms with Crippen LogP contribution in [0.1, 0.15) is 41.9 Å². The van der Waals surface area contributed by atoms with Crippen LogP contribution in [0.15, 0.2) is 36.4 Å². The Bertz CT molecular complexity index is 857. The fourth-order valence-electron chi connectivity index (χ4n) is 4.26. The van der Waals surface area contributed by atoms with Gasteiger partial charge in [0.15, 0.2) is 5.69 Å². The fourth-order valence-corrected chi connectivity index (χ4v) is 4.26. The Labute approximate surface area is 171 Å². The molecule has 0 saturated carbocycles. The van der Waals surface area contributed by atoms with Gasteiger partial charge < -0.3 is 15.5 Å². The summed E-state index contributed by atoms with van der Waals surface area (Å²) in [6.07, 6.45) is 3.94. The Morgan fingerprint density at radius 1 is 1.21 bits per heavy atom. The van der Waals surface area contributed by atoms with E-state index in [1.165, 1.54) is 0 Å². The number of amides is 2. The maximum atomic E-state index is 13.0. The van der Waals surface area contributed by atoms with Crippen molar-refractivity contribution in [1.29, 1.82) is 0 Å². The van der Waals surface area contributed by atoms with Crippen LogP contribution in [0.2, 0.25) is 0 Å². The van der Waals surface area contributed by atoms with Crippen molar-refractivity contribution < 1.29 is 9.59 Å². The summed E-state index contributed by atoms with van der Waals surface area (Å²) in [7, 11) is 0. The number of benzene rings is 1. The summed E-state index contributed by atoms with van der Waals surface area (Å²) in [4.78, 5) is 27.2. The van der Waals surface area contributed by atoms with E-state index >= 15 is 0 Å². The van der Waals surface area contributed by atoms with Crippen molar-refractivity contribution in [1.82, 2.24) is 25.3 Å². The Hall–Kier alpha value is -2.67. The van der Waals surface area contributed by atoms with Gasteiger partial charge in [-0.15, -0.1) is 0 Å². The summed E-state index contributed by atoms with van der Waals surface area (Å²) < 4.78 is 1.81. The lowest BCUT2D eigenvalue weighted by Crippen LogP contribution is -2.46. The van der Waals surface area contributed by atoms with E-state index in [1.54, 1.807) is 0 Å². The number of rotatable bonds is 5. The molecule has 2 saturated heterocycles. The molecule has 0 radical (unpaired) electrons. The minimum atomic E-state index is -0.0544. The maximum absolute atomic E-state index is 13.0. The van der Waals surface area contributed by atoms with E-state index in [2.05, 4.69) is 15.7 Å². The molecule has 4 rings (SSSR count). The highest BCUT2D eigenvalue weighted by atomic mass is 16.2. The largest absolute Gasteiger partial charge is 0.354 e. The van der Waals surface area contributed by atoms with Gasteiger partial charge in [0.25, 0.3) is 5.91 Å². The minimum Gasteiger partial charge on any atom is -0.354 e. The SMILES string of the molecule is Cc1cc(C(=O)N2CCCC(CNC(=O)C3CCCN3)C2)nn1-c1ccccc1. The molecular weight excluding hydrogens is 366 g/mol. The first kappa shape index (κ1) is 19.6. The van der Waals surface area contributed by atoms with E-state index in [1.807, 2.05) is 52.9 Å². The summed E-state index contributed by atoms with van der Waals surface area (Å²) in [6.45, 7) is 4.90. The van der Waals surface area contributed by atoms with Crippen LogP contribution in [0, 0.1) is 12.8 Å². The Morgan fingerprint density at radius 2 is 2.03 bits per heavy atom. The zero-order valence-electron chi connectivity index (χ0n) is 16.9. The molecule has 2 N–H and O–H groups in total. The molecule has 2 aliphatic heterocycles. The monoisotopic (exact) mass is 395 g/mol. The van der Waals surface area contributed by atoms with Crippen molar-refractivity contribution in [3.05, 3.63) is 47.8 Å². The molecule has 7 heteroatoms. The van der Waals surface area contributed by atoms with Gasteiger partial charge in [-0.2, -0.15) is 5.10 Å². The lowest BCUT2D eigenvalue weighted by atomic mass is 9.97. The first-order valence-electron chi connectivity index (χ1n) is 10.5. The van der Waals surface area contributed by atoms with E-state index in [0.717, 1.165) is 50.2 Å². The normalized spacial score (nSPS) is 21.9. The third-order valence-electron chi connectivity index (χ3n) is 5.86. The molecule has 0 spiro atoms. The highest BCUT2D eigenvalue weighted by molar-refractivity contribution is 5.92. The van der Waals surface area contributed by atoms with Crippen molar-refractivity contribution in [2.75, 3.05) is 26.2 Å². The second-order valence-electron chi connectivity index (χ2n) is 8.07. The van der Waals surface area contributed by atoms with Crippen LogP contribution in [-0.4, -0.2) is 58.7 Å². The number of piperidine rings is 1. The van der Waals surface area contributed by atoms with Crippen molar-refractivity contribution in [3.8, 4) is 5.69 Å². The van der Waals surface area contributed by atoms with Crippen LogP contribution < -0.4 is 10.6 Å². The van der Waals surface area contributed by atoms with E-state index in [9.17, 15) is 9.59 Å². The second kappa shape index (κ2) is 8.78. The molecule has 1 aromatic carbocycles. The van der Waals surface area contributed by atoms with Gasteiger partial charge in [-0.05, 0) is 63.3 Å². The Kier molecular flexibility index (Phi) is 5.94. The third-order valence-corrected chi connectivity index (χ3v) is 5.86. The Morgan fingerprint density at radius 3 is 2.79 bits per heavy atom. The summed E-state index contributed by atoms with van der Waals surface area (Å²) in [6, 6.07) is 11.6. The molecular formula is C22H29N5O2. The molecule has 0 aliphatic carbocycles. The van der Waals surface area contributed by atoms with E-state index in [-0.39, 0.29) is 23.8 Å². The van der Waals surface area contributed by atoms with Crippen molar-refractivity contribution in [2.45, 2.75) is 38.6 Å². The van der Waals surface area contributed by atoms with Crippen molar-refractivity contribution >= 4 is 11.8 Å². The highest BCUT2D eigenvalue weighted by Crippen LogP contribution is 2.19. The first-order chi connectivity index (χ1) is 14.1. The predicted octanol–water partition coefficient (Wildman–Crippen LogP) is 1.90. The minimum absolute atomic E-state index is 0.0312. The number of nitrogens with zero attached hydrogens (tertiary/aromatic N) is 3. The van der Waals surface area contributed by atoms with Gasteiger partial charge in [-0.1, -0.05) is 18.2 Å². The molecule has 0 bridgehead atoms. The number of nitrogens with one attached hydrogen (secondary N) is 2. The number of aromatic nitrogens is 2. The lowest BCUT2D eigenvalue weighted by Gasteiger charge is -2.32. The summed E-state index contributed by atoms with van der Waals surface area (Å²) in [5.74, 6) is 0.342. The van der Waals surface area contributed by atoms with Gasteiger partial charge in [0.2, 0.25) is 5.91 Å². The van der Waals surface area contributed by atoms with Crippen LogP contribution in [0.4, 0.5) is 0 Å². The number of para-hydroxylation sites is 1. The molecule has 29 heavy (non-hydrogen) atoms. The molecule has 2 unspecified atom stereocenters. The van der Waals surface area contributed by atoms with Crippen LogP contribution in [0.25, 0.3) is 5.69 Å². The van der Waals surface area contributed by atoms with E-state index < -0.39 is 0 Å². The number of carbonyl (C=O) groups is 2. The molecule has 7 nitrogen and oxygen atoms in total. The lowest BCUT2D eigenvalue weighted by molar-refractivity contribution is -0.123. The van der Waals surface area contributed by atoms with Gasteiger partial charge in [0.05, 0.1) is 11.7 Å². The van der Waals surface area contributed by atoms with Gasteiger partial charge in [-0.3, -0.25) is 9.59 Å². The second-order valence-corrected chi connectivity index (χ2v) is 8.07. The number of likely N-dealkylation sites (tertiary alicyclic amines) is 1. The van der Waals surface area contributed by atoms with E-state index in [0.29, 0.717) is 18.8 Å². The zero-order chi connectivity index (χ0) is 20.2. The van der Waals surface area contributed by atoms with Gasteiger partial charge in [0, 0.05) is 25.3 Å². The van der Waals surface area contributed by atoms with Crippen molar-refractivity contribution in [2.24, 2.45) is 5.92 Å². The molecule has 3 heterocycles. The molecule has 2 atom stereocenters. The van der Waals surface area contributed by atoms with Crippen LogP contribution in [-0.2, 0) is 4.79 Å². The topological polar surface area (TPSA) is 79.3 Å². The summed E-state index contributed by atoms with van der Waals surface area (Å²) in [5.41, 5.74) is 2.36. The number of hydrogen-bond acceptors (Lipinski definition) is 4. The van der Waals surface area contributed by atoms with Crippen molar-refractivity contribution in [3.63, 3.8) is 0 Å². The smallest absolute Gasteiger partial charge is 0.274 e. The third kappa shape index (κ3) is 4.50. The van der Waals surface area contributed by atoms with Gasteiger partial charge in [0.1, 0.15) is 0 Å². The van der Waals surface area contributed by atoms with Crippen LogP contribution >= 0.6 is 0 Å². The quantitative estimate of drug-likeness (QED) is 0.811. The molecule has 2 amide bonds. The molecule has 1 aromatic heterocycles. The fraction of sp³-hybridized carbons (Fsp3) is 0.500. The number of hydrogen-bond donors (Lipinski definition) is 2. The molecule has 2 fully saturated rings. The average Bonchev–Trinajstić information content (AvgIpc) is 3.42. The number of aryl methyl sites for hydroxylation is 1. The highest BCUT2D eigenvalue weighted by Gasteiger charge is 2.28. The van der Waals surface area contributed by atoms with E-state index in [4.69, 9.17) is 0 Å². The van der Waals surface area contributed by atoms with Crippen LogP contribution in [0.3, 0.4) is 0 Å². The average molecular weight is 396 g/mol. The molecule has 2 aliphatic rings. The first-order valence-corrected chi connectivity index (χ1v) is 10.5. The number of carbonyl (C=O) groups excluding carboxylic acids is 2. The van der Waals surface area contributed by atoms with Gasteiger partial charge >= 0.3 is 0 Å². The summed E-state index contributed by atoms with van der Waals surface area (Å²) >= 11 is 0. The van der Waals surface area contributed by atoms with Gasteiger partial charge in [-0.25, -0.2) is 4.68 Å². The Balaban J connectivity index is 1.37. The summed E-state index contributed by atoms with van der Waals surface area (Å²) in [5, 5.41) is 10.8. The maximum Gasteiger partial charge on any atom is 0.274 e.